The fraction of sp³-hybridized carbons (Fsp3) is 0.943. The first kappa shape index (κ1) is 87.1. The van der Waals surface area contributed by atoms with Gasteiger partial charge in [0.2, 0.25) is 0 Å². The summed E-state index contributed by atoms with van der Waals surface area (Å²) in [5, 5.41) is 10.6. The van der Waals surface area contributed by atoms with Crippen LogP contribution in [0.2, 0.25) is 0 Å². The Morgan fingerprint density at radius 3 is 0.798 bits per heavy atom. The van der Waals surface area contributed by atoms with E-state index in [-0.39, 0.29) is 25.7 Å². The molecule has 0 aromatic heterocycles. The minimum atomic E-state index is -4.95. The molecule has 0 fully saturated rings. The summed E-state index contributed by atoms with van der Waals surface area (Å²) in [7, 11) is -9.90. The molecule has 0 aliphatic heterocycles. The molecule has 17 nitrogen and oxygen atoms in total. The second-order valence-electron chi connectivity index (χ2n) is 26.9. The molecule has 0 aliphatic carbocycles. The quantitative estimate of drug-likeness (QED) is 0.0222. The van der Waals surface area contributed by atoms with Crippen LogP contribution >= 0.6 is 15.6 Å². The molecule has 3 unspecified atom stereocenters. The first-order valence-electron chi connectivity index (χ1n) is 36.2. The summed E-state index contributed by atoms with van der Waals surface area (Å²) < 4.78 is 68.3. The van der Waals surface area contributed by atoms with Gasteiger partial charge in [-0.3, -0.25) is 37.3 Å². The summed E-state index contributed by atoms with van der Waals surface area (Å²) in [6, 6.07) is 0. The zero-order chi connectivity index (χ0) is 66.1. The minimum Gasteiger partial charge on any atom is -0.462 e. The van der Waals surface area contributed by atoms with Crippen LogP contribution in [0.25, 0.3) is 0 Å². The summed E-state index contributed by atoms with van der Waals surface area (Å²) >= 11 is 0. The molecule has 0 bridgehead atoms. The second-order valence-corrected chi connectivity index (χ2v) is 29.8. The third-order valence-corrected chi connectivity index (χ3v) is 18.3. The SMILES string of the molecule is CCC(C)CCCCCCCCC(=O)OC[C@H](COP(=O)(O)OC[C@H](O)COP(=O)(O)OC[C@@H](COC(=O)CCCCCCCCCCCCCC(C)C)OC(=O)CCCCCCCCCCC(C)C)OC(=O)CCCCCCCCCCCCCC(C)C. The highest BCUT2D eigenvalue weighted by molar-refractivity contribution is 7.47. The summed E-state index contributed by atoms with van der Waals surface area (Å²) in [6.07, 6.45) is 41.7. The van der Waals surface area contributed by atoms with Gasteiger partial charge in [-0.15, -0.1) is 0 Å². The van der Waals surface area contributed by atoms with E-state index in [2.05, 4.69) is 55.4 Å². The predicted octanol–water partition coefficient (Wildman–Crippen LogP) is 19.7. The van der Waals surface area contributed by atoms with E-state index < -0.39 is 97.5 Å². The van der Waals surface area contributed by atoms with Gasteiger partial charge in [0.05, 0.1) is 26.4 Å². The molecule has 0 aliphatic rings. The number of carbonyl (C=O) groups is 4. The van der Waals surface area contributed by atoms with Crippen LogP contribution in [-0.4, -0.2) is 96.7 Å². The third kappa shape index (κ3) is 63.2. The molecule has 0 rings (SSSR count). The van der Waals surface area contributed by atoms with Crippen molar-refractivity contribution in [2.45, 2.75) is 363 Å². The second kappa shape index (κ2) is 59.8. The van der Waals surface area contributed by atoms with E-state index in [1.807, 2.05) is 0 Å². The molecule has 6 atom stereocenters. The summed E-state index contributed by atoms with van der Waals surface area (Å²) in [5.74, 6) is 0.854. The predicted molar refractivity (Wildman–Crippen MR) is 358 cm³/mol. The Morgan fingerprint density at radius 1 is 0.315 bits per heavy atom. The van der Waals surface area contributed by atoms with Gasteiger partial charge >= 0.3 is 39.5 Å². The molecular formula is C70H136O17P2. The number of ether oxygens (including phenoxy) is 4. The van der Waals surface area contributed by atoms with Crippen LogP contribution < -0.4 is 0 Å². The monoisotopic (exact) mass is 1310 g/mol. The number of hydrogen-bond acceptors (Lipinski definition) is 15. The molecule has 0 spiro atoms. The minimum absolute atomic E-state index is 0.104. The third-order valence-electron chi connectivity index (χ3n) is 16.4. The van der Waals surface area contributed by atoms with Crippen LogP contribution in [0, 0.1) is 23.7 Å². The fourth-order valence-corrected chi connectivity index (χ4v) is 12.0. The van der Waals surface area contributed by atoms with E-state index in [9.17, 15) is 43.2 Å². The average molecular weight is 1310 g/mol. The standard InChI is InChI=1S/C70H136O17P2/c1-9-63(8)49-41-33-28-29-35-43-51-68(73)81-57-66(86-69(74)52-44-36-26-19-15-11-13-17-23-31-39-47-61(4)5)59-85-89(78,79)83-55-64(71)54-82-88(76,77)84-58-65(87-70(75)53-45-37-27-21-20-24-32-40-48-62(6)7)56-80-67(72)50-42-34-25-18-14-10-12-16-22-30-38-46-60(2)3/h60-66,71H,9-59H2,1-8H3,(H,76,77)(H,78,79)/t63?,64-,65-,66-/m1/s1. The highest BCUT2D eigenvalue weighted by Gasteiger charge is 2.30. The first-order chi connectivity index (χ1) is 42.6. The molecular weight excluding hydrogens is 1170 g/mol. The van der Waals surface area contributed by atoms with E-state index in [1.54, 1.807) is 0 Å². The van der Waals surface area contributed by atoms with E-state index in [4.69, 9.17) is 37.0 Å². The van der Waals surface area contributed by atoms with Crippen molar-refractivity contribution in [2.24, 2.45) is 23.7 Å². The Bertz CT molecular complexity index is 1770. The summed E-state index contributed by atoms with van der Waals surface area (Å²) in [6.45, 7) is 14.1. The molecule has 0 saturated carbocycles. The van der Waals surface area contributed by atoms with Crippen molar-refractivity contribution in [2.75, 3.05) is 39.6 Å². The van der Waals surface area contributed by atoms with Crippen molar-refractivity contribution in [1.82, 2.24) is 0 Å². The number of aliphatic hydroxyl groups excluding tert-OH is 1. The lowest BCUT2D eigenvalue weighted by molar-refractivity contribution is -0.161. The highest BCUT2D eigenvalue weighted by atomic mass is 31.2. The largest absolute Gasteiger partial charge is 0.472 e. The Labute approximate surface area is 543 Å². The van der Waals surface area contributed by atoms with Gasteiger partial charge in [-0.2, -0.15) is 0 Å². The van der Waals surface area contributed by atoms with Crippen LogP contribution in [0.15, 0.2) is 0 Å². The number of esters is 4. The Balaban J connectivity index is 5.25. The van der Waals surface area contributed by atoms with Gasteiger partial charge in [0.1, 0.15) is 19.3 Å². The summed E-state index contributed by atoms with van der Waals surface area (Å²) in [5.41, 5.74) is 0. The molecule has 0 amide bonds. The van der Waals surface area contributed by atoms with Crippen molar-refractivity contribution < 1.29 is 80.2 Å². The van der Waals surface area contributed by atoms with Gasteiger partial charge in [-0.1, -0.05) is 293 Å². The van der Waals surface area contributed by atoms with Crippen LogP contribution in [0.5, 0.6) is 0 Å². The molecule has 3 N–H and O–H groups in total. The topological polar surface area (TPSA) is 237 Å². The molecule has 0 saturated heterocycles. The normalized spacial score (nSPS) is 14.6. The maximum Gasteiger partial charge on any atom is 0.472 e. The van der Waals surface area contributed by atoms with E-state index >= 15 is 0 Å². The smallest absolute Gasteiger partial charge is 0.462 e. The number of unbranched alkanes of at least 4 members (excludes halogenated alkanes) is 32. The van der Waals surface area contributed by atoms with Gasteiger partial charge in [0.25, 0.3) is 0 Å². The lowest BCUT2D eigenvalue weighted by atomic mass is 10.00. The maximum atomic E-state index is 13.0. The number of hydrogen-bond donors (Lipinski definition) is 3. The lowest BCUT2D eigenvalue weighted by Crippen LogP contribution is -2.30. The van der Waals surface area contributed by atoms with E-state index in [1.165, 1.54) is 141 Å². The Hall–Kier alpha value is -1.94. The molecule has 19 heteroatoms. The number of carbonyl (C=O) groups excluding carboxylic acids is 4. The van der Waals surface area contributed by atoms with Gasteiger partial charge in [-0.25, -0.2) is 9.13 Å². The van der Waals surface area contributed by atoms with Gasteiger partial charge < -0.3 is 33.8 Å². The fourth-order valence-electron chi connectivity index (χ4n) is 10.5. The van der Waals surface area contributed by atoms with Gasteiger partial charge in [0, 0.05) is 25.7 Å². The number of aliphatic hydroxyl groups is 1. The Morgan fingerprint density at radius 2 is 0.539 bits per heavy atom. The van der Waals surface area contributed by atoms with Crippen LogP contribution in [-0.2, 0) is 65.4 Å². The number of phosphoric acid groups is 2. The molecule has 528 valence electrons. The average Bonchev–Trinajstić information content (AvgIpc) is 3.60. The first-order valence-corrected chi connectivity index (χ1v) is 39.2. The Kier molecular flexibility index (Phi) is 58.5. The van der Waals surface area contributed by atoms with Crippen molar-refractivity contribution >= 4 is 39.5 Å². The van der Waals surface area contributed by atoms with Gasteiger partial charge in [-0.05, 0) is 49.4 Å². The zero-order valence-electron chi connectivity index (χ0n) is 58.1. The van der Waals surface area contributed by atoms with Gasteiger partial charge in [0.15, 0.2) is 12.2 Å². The molecule has 0 aromatic rings. The number of phosphoric ester groups is 2. The van der Waals surface area contributed by atoms with Crippen LogP contribution in [0.3, 0.4) is 0 Å². The molecule has 0 radical (unpaired) electrons. The highest BCUT2D eigenvalue weighted by Crippen LogP contribution is 2.45. The molecule has 0 aromatic carbocycles. The van der Waals surface area contributed by atoms with Crippen LogP contribution in [0.1, 0.15) is 344 Å². The molecule has 89 heavy (non-hydrogen) atoms. The van der Waals surface area contributed by atoms with Crippen molar-refractivity contribution in [3.05, 3.63) is 0 Å². The molecule has 0 heterocycles. The van der Waals surface area contributed by atoms with E-state index in [0.29, 0.717) is 25.7 Å². The number of rotatable bonds is 67. The maximum absolute atomic E-state index is 13.0. The van der Waals surface area contributed by atoms with Crippen molar-refractivity contribution in [1.29, 1.82) is 0 Å². The lowest BCUT2D eigenvalue weighted by Gasteiger charge is -2.21. The van der Waals surface area contributed by atoms with Crippen molar-refractivity contribution in [3.63, 3.8) is 0 Å². The zero-order valence-corrected chi connectivity index (χ0v) is 59.8. The van der Waals surface area contributed by atoms with Crippen LogP contribution in [0.4, 0.5) is 0 Å². The summed E-state index contributed by atoms with van der Waals surface area (Å²) in [4.78, 5) is 72.5. The van der Waals surface area contributed by atoms with E-state index in [0.717, 1.165) is 120 Å². The van der Waals surface area contributed by atoms with Crippen molar-refractivity contribution in [3.8, 4) is 0 Å².